The van der Waals surface area contributed by atoms with E-state index in [0.29, 0.717) is 19.6 Å². The van der Waals surface area contributed by atoms with E-state index in [9.17, 15) is 20.2 Å². The first-order valence-corrected chi connectivity index (χ1v) is 8.74. The Morgan fingerprint density at radius 1 is 0.571 bits per heavy atom. The minimum absolute atomic E-state index is 0.0636. The van der Waals surface area contributed by atoms with E-state index in [1.54, 1.807) is 24.3 Å². The third-order valence-corrected chi connectivity index (χ3v) is 4.36. The molecule has 0 saturated heterocycles. The zero-order valence-electron chi connectivity index (χ0n) is 15.1. The Bertz CT molecular complexity index is 882. The second-order valence-electron chi connectivity index (χ2n) is 6.48. The van der Waals surface area contributed by atoms with E-state index in [-0.39, 0.29) is 11.4 Å². The molecule has 3 aromatic carbocycles. The van der Waals surface area contributed by atoms with Crippen LogP contribution in [0, 0.1) is 20.2 Å². The highest BCUT2D eigenvalue weighted by Gasteiger charge is 2.12. The molecule has 0 heterocycles. The molecule has 0 fully saturated rings. The van der Waals surface area contributed by atoms with E-state index >= 15 is 0 Å². The minimum atomic E-state index is -0.414. The molecule has 7 heteroatoms. The Hall–Kier alpha value is -3.58. The van der Waals surface area contributed by atoms with Gasteiger partial charge in [0.25, 0.3) is 11.4 Å². The maximum absolute atomic E-state index is 10.8. The van der Waals surface area contributed by atoms with E-state index in [2.05, 4.69) is 4.90 Å². The molecule has 0 radical (unpaired) electrons. The molecule has 142 valence electrons. The normalized spacial score (nSPS) is 10.8. The molecule has 3 aromatic rings. The van der Waals surface area contributed by atoms with Crippen LogP contribution in [0.15, 0.2) is 78.9 Å². The van der Waals surface area contributed by atoms with Gasteiger partial charge in [0.2, 0.25) is 0 Å². The summed E-state index contributed by atoms with van der Waals surface area (Å²) < 4.78 is 0. The van der Waals surface area contributed by atoms with Gasteiger partial charge in [-0.05, 0) is 16.7 Å². The quantitative estimate of drug-likeness (QED) is 0.419. The number of rotatable bonds is 8. The Morgan fingerprint density at radius 2 is 0.929 bits per heavy atom. The van der Waals surface area contributed by atoms with Crippen molar-refractivity contribution >= 4 is 11.4 Å². The number of benzene rings is 3. The van der Waals surface area contributed by atoms with E-state index in [0.717, 1.165) is 16.7 Å². The van der Waals surface area contributed by atoms with E-state index < -0.39 is 9.85 Å². The summed E-state index contributed by atoms with van der Waals surface area (Å²) >= 11 is 0. The Balaban J connectivity index is 1.77. The van der Waals surface area contributed by atoms with Crippen LogP contribution in [0.3, 0.4) is 0 Å². The van der Waals surface area contributed by atoms with Crippen molar-refractivity contribution in [2.45, 2.75) is 19.6 Å². The molecule has 0 bridgehead atoms. The van der Waals surface area contributed by atoms with Gasteiger partial charge in [0.05, 0.1) is 9.85 Å². The molecule has 0 atom stereocenters. The fourth-order valence-corrected chi connectivity index (χ4v) is 2.97. The van der Waals surface area contributed by atoms with Crippen molar-refractivity contribution in [3.8, 4) is 0 Å². The Kier molecular flexibility index (Phi) is 6.08. The van der Waals surface area contributed by atoms with Crippen LogP contribution >= 0.6 is 0 Å². The van der Waals surface area contributed by atoms with Crippen LogP contribution in [0.4, 0.5) is 11.4 Å². The van der Waals surface area contributed by atoms with Gasteiger partial charge in [0.1, 0.15) is 0 Å². The highest BCUT2D eigenvalue weighted by atomic mass is 16.6. The molecule has 0 spiro atoms. The lowest BCUT2D eigenvalue weighted by Gasteiger charge is -2.23. The zero-order valence-corrected chi connectivity index (χ0v) is 15.1. The monoisotopic (exact) mass is 377 g/mol. The fraction of sp³-hybridized carbons (Fsp3) is 0.143. The first kappa shape index (κ1) is 19.2. The summed E-state index contributed by atoms with van der Waals surface area (Å²) in [4.78, 5) is 23.0. The van der Waals surface area contributed by atoms with E-state index in [1.165, 1.54) is 24.3 Å². The second-order valence-corrected chi connectivity index (χ2v) is 6.48. The topological polar surface area (TPSA) is 89.5 Å². The summed E-state index contributed by atoms with van der Waals surface area (Å²) in [7, 11) is 0. The summed E-state index contributed by atoms with van der Waals surface area (Å²) in [5, 5.41) is 21.7. The predicted octanol–water partition coefficient (Wildman–Crippen LogP) is 4.71. The van der Waals surface area contributed by atoms with Gasteiger partial charge >= 0.3 is 0 Å². The molecule has 3 rings (SSSR count). The Morgan fingerprint density at radius 3 is 1.29 bits per heavy atom. The molecular formula is C21H19N3O4. The number of hydrogen-bond donors (Lipinski definition) is 0. The molecule has 0 aliphatic rings. The SMILES string of the molecule is O=[N+]([O-])c1ccc(CN(Cc2ccccc2)Cc2ccc([N+](=O)[O-])cc2)cc1. The van der Waals surface area contributed by atoms with Crippen LogP contribution in [-0.4, -0.2) is 14.7 Å². The standard InChI is InChI=1S/C21H19N3O4/c25-23(26)20-10-6-18(7-11-20)15-22(14-17-4-2-1-3-5-17)16-19-8-12-21(13-9-19)24(27)28/h1-13H,14-16H2. The van der Waals surface area contributed by atoms with Crippen LogP contribution in [0.25, 0.3) is 0 Å². The molecule has 0 saturated carbocycles. The number of non-ortho nitro benzene ring substituents is 2. The maximum Gasteiger partial charge on any atom is 0.269 e. The smallest absolute Gasteiger partial charge is 0.269 e. The van der Waals surface area contributed by atoms with Crippen LogP contribution in [-0.2, 0) is 19.6 Å². The first-order chi connectivity index (χ1) is 13.5. The summed E-state index contributed by atoms with van der Waals surface area (Å²) in [6.45, 7) is 1.89. The maximum atomic E-state index is 10.8. The zero-order chi connectivity index (χ0) is 19.9. The lowest BCUT2D eigenvalue weighted by molar-refractivity contribution is -0.385. The molecule has 0 aliphatic heterocycles. The van der Waals surface area contributed by atoms with E-state index in [4.69, 9.17) is 0 Å². The van der Waals surface area contributed by atoms with Crippen LogP contribution in [0.2, 0.25) is 0 Å². The highest BCUT2D eigenvalue weighted by Crippen LogP contribution is 2.19. The first-order valence-electron chi connectivity index (χ1n) is 8.74. The molecule has 0 unspecified atom stereocenters. The van der Waals surface area contributed by atoms with Gasteiger partial charge in [-0.1, -0.05) is 54.6 Å². The van der Waals surface area contributed by atoms with Gasteiger partial charge in [-0.3, -0.25) is 25.1 Å². The summed E-state index contributed by atoms with van der Waals surface area (Å²) in [5.41, 5.74) is 3.20. The van der Waals surface area contributed by atoms with Crippen molar-refractivity contribution < 1.29 is 9.85 Å². The summed E-state index contributed by atoms with van der Waals surface area (Å²) in [5.74, 6) is 0. The van der Waals surface area contributed by atoms with Crippen LogP contribution in [0.1, 0.15) is 16.7 Å². The Labute approximate surface area is 162 Å². The number of nitro groups is 2. The average molecular weight is 377 g/mol. The highest BCUT2D eigenvalue weighted by molar-refractivity contribution is 5.34. The second kappa shape index (κ2) is 8.88. The molecular weight excluding hydrogens is 358 g/mol. The summed E-state index contributed by atoms with van der Waals surface area (Å²) in [6, 6.07) is 23.0. The van der Waals surface area contributed by atoms with Gasteiger partial charge in [-0.15, -0.1) is 0 Å². The molecule has 0 N–H and O–H groups in total. The van der Waals surface area contributed by atoms with Crippen LogP contribution < -0.4 is 0 Å². The molecule has 0 amide bonds. The third-order valence-electron chi connectivity index (χ3n) is 4.36. The van der Waals surface area contributed by atoms with Gasteiger partial charge in [0.15, 0.2) is 0 Å². The van der Waals surface area contributed by atoms with Gasteiger partial charge in [0, 0.05) is 43.9 Å². The van der Waals surface area contributed by atoms with Crippen molar-refractivity contribution in [2.24, 2.45) is 0 Å². The molecule has 28 heavy (non-hydrogen) atoms. The van der Waals surface area contributed by atoms with Gasteiger partial charge < -0.3 is 0 Å². The van der Waals surface area contributed by atoms with Crippen molar-refractivity contribution in [1.82, 2.24) is 4.90 Å². The lowest BCUT2D eigenvalue weighted by Crippen LogP contribution is -2.22. The summed E-state index contributed by atoms with van der Waals surface area (Å²) in [6.07, 6.45) is 0. The molecule has 7 nitrogen and oxygen atoms in total. The van der Waals surface area contributed by atoms with Crippen LogP contribution in [0.5, 0.6) is 0 Å². The largest absolute Gasteiger partial charge is 0.291 e. The van der Waals surface area contributed by atoms with Crippen molar-refractivity contribution in [3.05, 3.63) is 116 Å². The molecule has 0 aromatic heterocycles. The number of nitrogens with zero attached hydrogens (tertiary/aromatic N) is 3. The van der Waals surface area contributed by atoms with Gasteiger partial charge in [-0.2, -0.15) is 0 Å². The lowest BCUT2D eigenvalue weighted by atomic mass is 10.1. The minimum Gasteiger partial charge on any atom is -0.291 e. The number of nitro benzene ring substituents is 2. The average Bonchev–Trinajstić information content (AvgIpc) is 2.69. The van der Waals surface area contributed by atoms with Crippen molar-refractivity contribution in [3.63, 3.8) is 0 Å². The molecule has 0 aliphatic carbocycles. The third kappa shape index (κ3) is 5.21. The predicted molar refractivity (Wildman–Crippen MR) is 106 cm³/mol. The van der Waals surface area contributed by atoms with Crippen molar-refractivity contribution in [2.75, 3.05) is 0 Å². The van der Waals surface area contributed by atoms with Crippen molar-refractivity contribution in [1.29, 1.82) is 0 Å². The van der Waals surface area contributed by atoms with E-state index in [1.807, 2.05) is 30.3 Å². The number of hydrogen-bond acceptors (Lipinski definition) is 5. The van der Waals surface area contributed by atoms with Gasteiger partial charge in [-0.25, -0.2) is 0 Å². The fourth-order valence-electron chi connectivity index (χ4n) is 2.97.